The van der Waals surface area contributed by atoms with E-state index in [0.29, 0.717) is 18.7 Å². The zero-order chi connectivity index (χ0) is 20.6. The first-order valence-corrected chi connectivity index (χ1v) is 12.3. The number of hydrogen-bond donors (Lipinski definition) is 2. The van der Waals surface area contributed by atoms with Crippen LogP contribution in [0.2, 0.25) is 0 Å². The minimum Gasteiger partial charge on any atom is -0.312 e. The standard InChI is InChI=1S/C19H21N3O5S2/c23-19-2-1-13-22(19)16-7-11-18(12-8-16)29(26,27)21-15-5-9-17(10-6-15)28(24,25)20-14-3-4-14/h5-12,14,20-21H,1-4,13H2. The second-order valence-electron chi connectivity index (χ2n) is 7.17. The molecule has 2 N–H and O–H groups in total. The molecule has 1 aliphatic carbocycles. The molecule has 1 aliphatic heterocycles. The van der Waals surface area contributed by atoms with Gasteiger partial charge in [-0.2, -0.15) is 0 Å². The van der Waals surface area contributed by atoms with E-state index < -0.39 is 20.0 Å². The summed E-state index contributed by atoms with van der Waals surface area (Å²) in [6, 6.07) is 11.7. The number of sulfonamides is 2. The Morgan fingerprint density at radius 3 is 1.97 bits per heavy atom. The zero-order valence-electron chi connectivity index (χ0n) is 15.5. The summed E-state index contributed by atoms with van der Waals surface area (Å²) >= 11 is 0. The van der Waals surface area contributed by atoms with Gasteiger partial charge in [0.2, 0.25) is 15.9 Å². The van der Waals surface area contributed by atoms with Crippen molar-refractivity contribution in [3.05, 3.63) is 48.5 Å². The molecule has 0 radical (unpaired) electrons. The fourth-order valence-electron chi connectivity index (χ4n) is 3.13. The van der Waals surface area contributed by atoms with E-state index in [1.165, 1.54) is 36.4 Å². The largest absolute Gasteiger partial charge is 0.312 e. The van der Waals surface area contributed by atoms with Crippen LogP contribution in [0.4, 0.5) is 11.4 Å². The zero-order valence-corrected chi connectivity index (χ0v) is 17.2. The minimum atomic E-state index is -3.84. The van der Waals surface area contributed by atoms with Crippen LogP contribution in [-0.4, -0.2) is 35.3 Å². The van der Waals surface area contributed by atoms with Crippen molar-refractivity contribution in [2.75, 3.05) is 16.2 Å². The lowest BCUT2D eigenvalue weighted by Crippen LogP contribution is -2.25. The summed E-state index contributed by atoms with van der Waals surface area (Å²) in [4.78, 5) is 13.6. The van der Waals surface area contributed by atoms with Crippen LogP contribution in [0.25, 0.3) is 0 Å². The maximum Gasteiger partial charge on any atom is 0.261 e. The predicted molar refractivity (Wildman–Crippen MR) is 109 cm³/mol. The summed E-state index contributed by atoms with van der Waals surface area (Å²) in [5, 5.41) is 0. The maximum absolute atomic E-state index is 12.6. The number of nitrogens with one attached hydrogen (secondary N) is 2. The van der Waals surface area contributed by atoms with E-state index in [9.17, 15) is 21.6 Å². The van der Waals surface area contributed by atoms with Crippen LogP contribution in [0.5, 0.6) is 0 Å². The van der Waals surface area contributed by atoms with Crippen LogP contribution in [0, 0.1) is 0 Å². The molecule has 0 unspecified atom stereocenters. The summed E-state index contributed by atoms with van der Waals surface area (Å²) in [5.74, 6) is 0.0324. The Bertz CT molecular complexity index is 1120. The molecule has 1 heterocycles. The molecular formula is C19H21N3O5S2. The van der Waals surface area contributed by atoms with Crippen LogP contribution in [-0.2, 0) is 24.8 Å². The molecule has 8 nitrogen and oxygen atoms in total. The highest BCUT2D eigenvalue weighted by molar-refractivity contribution is 7.92. The van der Waals surface area contributed by atoms with E-state index in [1.54, 1.807) is 17.0 Å². The molecular weight excluding hydrogens is 414 g/mol. The van der Waals surface area contributed by atoms with Gasteiger partial charge in [-0.1, -0.05) is 0 Å². The number of hydrogen-bond acceptors (Lipinski definition) is 5. The first kappa shape index (κ1) is 19.9. The van der Waals surface area contributed by atoms with Gasteiger partial charge in [-0.15, -0.1) is 0 Å². The number of amides is 1. The molecule has 4 rings (SSSR count). The Balaban J connectivity index is 1.47. The van der Waals surface area contributed by atoms with Crippen molar-refractivity contribution in [1.82, 2.24) is 4.72 Å². The molecule has 29 heavy (non-hydrogen) atoms. The van der Waals surface area contributed by atoms with Gasteiger partial charge in [-0.3, -0.25) is 9.52 Å². The quantitative estimate of drug-likeness (QED) is 0.691. The summed E-state index contributed by atoms with van der Waals surface area (Å²) in [7, 11) is -7.43. The third-order valence-corrected chi connectivity index (χ3v) is 7.78. The van der Waals surface area contributed by atoms with Crippen molar-refractivity contribution in [2.24, 2.45) is 0 Å². The van der Waals surface area contributed by atoms with E-state index in [-0.39, 0.29) is 27.4 Å². The van der Waals surface area contributed by atoms with Crippen molar-refractivity contribution in [3.63, 3.8) is 0 Å². The van der Waals surface area contributed by atoms with Gasteiger partial charge in [0.25, 0.3) is 10.0 Å². The minimum absolute atomic E-state index is 0.00277. The Hall–Kier alpha value is -2.43. The second kappa shape index (κ2) is 7.43. The Morgan fingerprint density at radius 1 is 0.828 bits per heavy atom. The molecule has 2 aromatic carbocycles. The van der Waals surface area contributed by atoms with Crippen LogP contribution < -0.4 is 14.3 Å². The number of rotatable bonds is 7. The van der Waals surface area contributed by atoms with E-state index >= 15 is 0 Å². The third kappa shape index (κ3) is 4.44. The fourth-order valence-corrected chi connectivity index (χ4v) is 5.49. The summed E-state index contributed by atoms with van der Waals surface area (Å²) in [6.07, 6.45) is 2.97. The highest BCUT2D eigenvalue weighted by Crippen LogP contribution is 2.25. The van der Waals surface area contributed by atoms with Crippen molar-refractivity contribution in [3.8, 4) is 0 Å². The molecule has 0 spiro atoms. The fraction of sp³-hybridized carbons (Fsp3) is 0.316. The monoisotopic (exact) mass is 435 g/mol. The molecule has 10 heteroatoms. The average molecular weight is 436 g/mol. The highest BCUT2D eigenvalue weighted by Gasteiger charge is 2.28. The molecule has 2 fully saturated rings. The van der Waals surface area contributed by atoms with Crippen LogP contribution >= 0.6 is 0 Å². The number of anilines is 2. The van der Waals surface area contributed by atoms with Crippen LogP contribution in [0.1, 0.15) is 25.7 Å². The number of benzene rings is 2. The van der Waals surface area contributed by atoms with Gasteiger partial charge in [-0.25, -0.2) is 21.6 Å². The molecule has 2 aromatic rings. The van der Waals surface area contributed by atoms with Gasteiger partial charge in [0.05, 0.1) is 9.79 Å². The second-order valence-corrected chi connectivity index (χ2v) is 10.6. The Labute approximate surface area is 170 Å². The molecule has 0 bridgehead atoms. The molecule has 1 saturated heterocycles. The van der Waals surface area contributed by atoms with Gasteiger partial charge in [0, 0.05) is 30.4 Å². The van der Waals surface area contributed by atoms with Gasteiger partial charge in [0.15, 0.2) is 0 Å². The molecule has 154 valence electrons. The maximum atomic E-state index is 12.6. The van der Waals surface area contributed by atoms with Crippen LogP contribution in [0.3, 0.4) is 0 Å². The lowest BCUT2D eigenvalue weighted by atomic mass is 10.3. The number of nitrogens with zero attached hydrogens (tertiary/aromatic N) is 1. The van der Waals surface area contributed by atoms with Crippen LogP contribution in [0.15, 0.2) is 58.3 Å². The Kier molecular flexibility index (Phi) is 5.09. The van der Waals surface area contributed by atoms with E-state index in [4.69, 9.17) is 0 Å². The summed E-state index contributed by atoms with van der Waals surface area (Å²) in [6.45, 7) is 0.633. The van der Waals surface area contributed by atoms with Crippen molar-refractivity contribution in [1.29, 1.82) is 0 Å². The topological polar surface area (TPSA) is 113 Å². The SMILES string of the molecule is O=C1CCCN1c1ccc(S(=O)(=O)Nc2ccc(S(=O)(=O)NC3CC3)cc2)cc1. The lowest BCUT2D eigenvalue weighted by molar-refractivity contribution is -0.117. The van der Waals surface area contributed by atoms with Gasteiger partial charge >= 0.3 is 0 Å². The van der Waals surface area contributed by atoms with Gasteiger partial charge in [-0.05, 0) is 67.8 Å². The highest BCUT2D eigenvalue weighted by atomic mass is 32.2. The molecule has 1 saturated carbocycles. The molecule has 0 aromatic heterocycles. The first-order chi connectivity index (χ1) is 13.7. The predicted octanol–water partition coefficient (Wildman–Crippen LogP) is 2.05. The lowest BCUT2D eigenvalue weighted by Gasteiger charge is -2.16. The molecule has 1 amide bonds. The van der Waals surface area contributed by atoms with Crippen molar-refractivity contribution in [2.45, 2.75) is 41.5 Å². The number of carbonyl (C=O) groups is 1. The van der Waals surface area contributed by atoms with Gasteiger partial charge < -0.3 is 4.90 Å². The van der Waals surface area contributed by atoms with Crippen molar-refractivity contribution < 1.29 is 21.6 Å². The van der Waals surface area contributed by atoms with E-state index in [0.717, 1.165) is 19.3 Å². The van der Waals surface area contributed by atoms with E-state index in [1.807, 2.05) is 0 Å². The summed E-state index contributed by atoms with van der Waals surface area (Å²) in [5.41, 5.74) is 0.929. The first-order valence-electron chi connectivity index (χ1n) is 9.30. The third-order valence-electron chi connectivity index (χ3n) is 4.85. The summed E-state index contributed by atoms with van der Waals surface area (Å²) < 4.78 is 54.6. The van der Waals surface area contributed by atoms with Crippen molar-refractivity contribution >= 4 is 37.3 Å². The van der Waals surface area contributed by atoms with E-state index in [2.05, 4.69) is 9.44 Å². The average Bonchev–Trinajstić information content (AvgIpc) is 3.38. The normalized spacial score (nSPS) is 17.5. The Morgan fingerprint density at radius 2 is 1.41 bits per heavy atom. The van der Waals surface area contributed by atoms with Gasteiger partial charge in [0.1, 0.15) is 0 Å². The molecule has 2 aliphatic rings. The number of carbonyl (C=O) groups excluding carboxylic acids is 1. The molecule has 0 atom stereocenters. The smallest absolute Gasteiger partial charge is 0.261 e.